The molecule has 0 fully saturated rings. The normalized spacial score (nSPS) is 12.2. The number of aliphatic hydroxyl groups is 1. The Labute approximate surface area is 78.2 Å². The van der Waals surface area contributed by atoms with Crippen molar-refractivity contribution in [3.05, 3.63) is 0 Å². The van der Waals surface area contributed by atoms with E-state index in [1.54, 1.807) is 0 Å². The molecule has 1 heteroatoms. The fraction of sp³-hybridized carbons (Fsp3) is 1.00. The maximum Gasteiger partial charge on any atom is 0.0433 e. The van der Waals surface area contributed by atoms with E-state index in [0.717, 1.165) is 12.3 Å². The quantitative estimate of drug-likeness (QED) is 0.676. The van der Waals surface area contributed by atoms with E-state index in [-0.39, 0.29) is 0 Å². The Morgan fingerprint density at radius 1 is 0.917 bits per heavy atom. The van der Waals surface area contributed by atoms with E-state index < -0.39 is 0 Å². The summed E-state index contributed by atoms with van der Waals surface area (Å²) in [5.41, 5.74) is 0. The molecule has 0 spiro atoms. The van der Waals surface area contributed by atoms with Gasteiger partial charge in [-0.25, -0.2) is 0 Å². The number of aliphatic hydroxyl groups excluding tert-OH is 1. The summed E-state index contributed by atoms with van der Waals surface area (Å²) in [6.07, 6.45) is 3.52. The highest BCUT2D eigenvalue weighted by molar-refractivity contribution is 4.54. The Hall–Kier alpha value is -0.0400. The lowest BCUT2D eigenvalue weighted by Gasteiger charge is -2.10. The molecule has 76 valence electrons. The van der Waals surface area contributed by atoms with E-state index in [1.807, 2.05) is 13.8 Å². The molecule has 0 aliphatic carbocycles. The van der Waals surface area contributed by atoms with Gasteiger partial charge in [0.15, 0.2) is 0 Å². The summed E-state index contributed by atoms with van der Waals surface area (Å²) in [6.45, 7) is 11.0. The maximum atomic E-state index is 8.60. The van der Waals surface area contributed by atoms with Crippen LogP contribution in [-0.2, 0) is 0 Å². The number of rotatable bonds is 5. The lowest BCUT2D eigenvalue weighted by atomic mass is 9.97. The molecule has 0 aromatic heterocycles. The van der Waals surface area contributed by atoms with Gasteiger partial charge < -0.3 is 5.11 Å². The molecule has 1 nitrogen and oxygen atoms in total. The van der Waals surface area contributed by atoms with Crippen molar-refractivity contribution in [2.45, 2.75) is 53.9 Å². The summed E-state index contributed by atoms with van der Waals surface area (Å²) in [5, 5.41) is 8.60. The van der Waals surface area contributed by atoms with Gasteiger partial charge in [0.05, 0.1) is 0 Å². The van der Waals surface area contributed by atoms with Crippen molar-refractivity contribution in [2.24, 2.45) is 11.8 Å². The molecule has 0 saturated carbocycles. The first-order chi connectivity index (χ1) is 5.66. The van der Waals surface area contributed by atoms with Gasteiger partial charge in [-0.15, -0.1) is 0 Å². The first-order valence-corrected chi connectivity index (χ1v) is 5.27. The van der Waals surface area contributed by atoms with Gasteiger partial charge in [0, 0.05) is 6.61 Å². The van der Waals surface area contributed by atoms with Crippen LogP contribution in [0.2, 0.25) is 0 Å². The molecule has 0 aliphatic heterocycles. The molecular formula is C11H26O. The third kappa shape index (κ3) is 12.6. The van der Waals surface area contributed by atoms with Crippen LogP contribution >= 0.6 is 0 Å². The van der Waals surface area contributed by atoms with E-state index in [1.165, 1.54) is 12.8 Å². The van der Waals surface area contributed by atoms with Crippen molar-refractivity contribution in [3.8, 4) is 0 Å². The zero-order valence-corrected chi connectivity index (χ0v) is 9.43. The summed E-state index contributed by atoms with van der Waals surface area (Å²) < 4.78 is 0. The SMILES string of the molecule is CC.CC(C)CC[C@@H](C)CCO. The topological polar surface area (TPSA) is 20.2 Å². The highest BCUT2D eigenvalue weighted by atomic mass is 16.2. The van der Waals surface area contributed by atoms with Crippen molar-refractivity contribution in [2.75, 3.05) is 6.61 Å². The van der Waals surface area contributed by atoms with Crippen molar-refractivity contribution < 1.29 is 5.11 Å². The molecule has 0 aliphatic rings. The second-order valence-corrected chi connectivity index (χ2v) is 3.59. The second kappa shape index (κ2) is 11.0. The van der Waals surface area contributed by atoms with Gasteiger partial charge in [-0.1, -0.05) is 47.5 Å². The van der Waals surface area contributed by atoms with Gasteiger partial charge in [0.2, 0.25) is 0 Å². The molecule has 0 aromatic rings. The van der Waals surface area contributed by atoms with E-state index >= 15 is 0 Å². The van der Waals surface area contributed by atoms with Crippen LogP contribution in [0, 0.1) is 11.8 Å². The Balaban J connectivity index is 0. The van der Waals surface area contributed by atoms with Gasteiger partial charge in [0.25, 0.3) is 0 Å². The van der Waals surface area contributed by atoms with Crippen LogP contribution in [0.5, 0.6) is 0 Å². The van der Waals surface area contributed by atoms with E-state index in [4.69, 9.17) is 5.11 Å². The minimum absolute atomic E-state index is 0.346. The van der Waals surface area contributed by atoms with E-state index in [9.17, 15) is 0 Å². The second-order valence-electron chi connectivity index (χ2n) is 3.59. The smallest absolute Gasteiger partial charge is 0.0433 e. The summed E-state index contributed by atoms with van der Waals surface area (Å²) in [6, 6.07) is 0. The monoisotopic (exact) mass is 174 g/mol. The molecule has 0 amide bonds. The number of hydrogen-bond acceptors (Lipinski definition) is 1. The average Bonchev–Trinajstić information content (AvgIpc) is 2.05. The van der Waals surface area contributed by atoms with Crippen molar-refractivity contribution >= 4 is 0 Å². The van der Waals surface area contributed by atoms with Crippen molar-refractivity contribution in [1.29, 1.82) is 0 Å². The molecule has 0 bridgehead atoms. The minimum Gasteiger partial charge on any atom is -0.396 e. The van der Waals surface area contributed by atoms with Gasteiger partial charge in [-0.2, -0.15) is 0 Å². The first kappa shape index (κ1) is 14.5. The van der Waals surface area contributed by atoms with Crippen LogP contribution < -0.4 is 0 Å². The maximum absolute atomic E-state index is 8.60. The predicted octanol–water partition coefficient (Wildman–Crippen LogP) is 3.47. The molecule has 1 atom stereocenters. The first-order valence-electron chi connectivity index (χ1n) is 5.27. The summed E-state index contributed by atoms with van der Waals surface area (Å²) >= 11 is 0. The molecule has 12 heavy (non-hydrogen) atoms. The Bertz CT molecular complexity index is 69.4. The molecule has 0 radical (unpaired) electrons. The van der Waals surface area contributed by atoms with Gasteiger partial charge in [0.1, 0.15) is 0 Å². The zero-order valence-electron chi connectivity index (χ0n) is 9.43. The fourth-order valence-corrected chi connectivity index (χ4v) is 0.983. The van der Waals surface area contributed by atoms with Crippen LogP contribution in [0.15, 0.2) is 0 Å². The fourth-order valence-electron chi connectivity index (χ4n) is 0.983. The number of hydrogen-bond donors (Lipinski definition) is 1. The van der Waals surface area contributed by atoms with Gasteiger partial charge in [-0.05, 0) is 18.3 Å². The van der Waals surface area contributed by atoms with Gasteiger partial charge >= 0.3 is 0 Å². The van der Waals surface area contributed by atoms with Crippen molar-refractivity contribution in [1.82, 2.24) is 0 Å². The zero-order chi connectivity index (χ0) is 9.98. The van der Waals surface area contributed by atoms with Crippen LogP contribution in [0.25, 0.3) is 0 Å². The Morgan fingerprint density at radius 3 is 1.75 bits per heavy atom. The molecule has 1 N–H and O–H groups in total. The Kier molecular flexibility index (Phi) is 13.2. The minimum atomic E-state index is 0.346. The molecule has 0 saturated heterocycles. The van der Waals surface area contributed by atoms with Crippen LogP contribution in [0.3, 0.4) is 0 Å². The highest BCUT2D eigenvalue weighted by Crippen LogP contribution is 2.13. The van der Waals surface area contributed by atoms with Gasteiger partial charge in [-0.3, -0.25) is 0 Å². The summed E-state index contributed by atoms with van der Waals surface area (Å²) in [7, 11) is 0. The Morgan fingerprint density at radius 2 is 1.42 bits per heavy atom. The standard InChI is InChI=1S/C9H20O.C2H6/c1-8(2)4-5-9(3)6-7-10;1-2/h8-10H,4-7H2,1-3H3;1-2H3/t9-;/m1./s1. The molecule has 0 heterocycles. The largest absolute Gasteiger partial charge is 0.396 e. The van der Waals surface area contributed by atoms with Crippen LogP contribution in [0.4, 0.5) is 0 Å². The molecule has 0 aromatic carbocycles. The molecular weight excluding hydrogens is 148 g/mol. The summed E-state index contributed by atoms with van der Waals surface area (Å²) in [5.74, 6) is 1.51. The molecule has 0 rings (SSSR count). The molecule has 0 unspecified atom stereocenters. The van der Waals surface area contributed by atoms with E-state index in [2.05, 4.69) is 20.8 Å². The van der Waals surface area contributed by atoms with E-state index in [0.29, 0.717) is 12.5 Å². The lowest BCUT2D eigenvalue weighted by Crippen LogP contribution is -1.99. The van der Waals surface area contributed by atoms with Crippen molar-refractivity contribution in [3.63, 3.8) is 0 Å². The summed E-state index contributed by atoms with van der Waals surface area (Å²) in [4.78, 5) is 0. The predicted molar refractivity (Wildman–Crippen MR) is 56.3 cm³/mol. The van der Waals surface area contributed by atoms with Crippen LogP contribution in [0.1, 0.15) is 53.9 Å². The highest BCUT2D eigenvalue weighted by Gasteiger charge is 2.01. The average molecular weight is 174 g/mol. The third-order valence-electron chi connectivity index (χ3n) is 1.86. The van der Waals surface area contributed by atoms with Crippen LogP contribution in [-0.4, -0.2) is 11.7 Å². The lowest BCUT2D eigenvalue weighted by molar-refractivity contribution is 0.254. The third-order valence-corrected chi connectivity index (χ3v) is 1.86.